The average Bonchev–Trinajstić information content (AvgIpc) is 2.41. The second-order valence-corrected chi connectivity index (χ2v) is 4.47. The Bertz CT molecular complexity index is 438. The molecule has 0 saturated heterocycles. The monoisotopic (exact) mass is 283 g/mol. The lowest BCUT2D eigenvalue weighted by molar-refractivity contribution is -0.386. The zero-order chi connectivity index (χ0) is 15.0. The zero-order valence-electron chi connectivity index (χ0n) is 12.1. The summed E-state index contributed by atoms with van der Waals surface area (Å²) in [6, 6.07) is 2.97. The Kier molecular flexibility index (Phi) is 6.72. The third-order valence-corrected chi connectivity index (χ3v) is 2.37. The van der Waals surface area contributed by atoms with Crippen molar-refractivity contribution in [2.45, 2.75) is 33.3 Å². The molecule has 0 amide bonds. The molecule has 0 radical (unpaired) electrons. The van der Waals surface area contributed by atoms with Crippen molar-refractivity contribution in [1.82, 2.24) is 4.98 Å². The molecule has 1 aromatic rings. The van der Waals surface area contributed by atoms with Gasteiger partial charge in [-0.3, -0.25) is 10.1 Å². The van der Waals surface area contributed by atoms with Crippen LogP contribution in [0.4, 0.5) is 11.5 Å². The first-order valence-electron chi connectivity index (χ1n) is 6.68. The van der Waals surface area contributed by atoms with Gasteiger partial charge in [0, 0.05) is 12.6 Å². The zero-order valence-corrected chi connectivity index (χ0v) is 12.1. The highest BCUT2D eigenvalue weighted by Gasteiger charge is 2.17. The first kappa shape index (κ1) is 16.2. The summed E-state index contributed by atoms with van der Waals surface area (Å²) in [6.07, 6.45) is 1.04. The summed E-state index contributed by atoms with van der Waals surface area (Å²) in [6.45, 7) is 7.19. The maximum atomic E-state index is 10.9. The molecule has 1 rings (SSSR count). The molecular weight excluding hydrogens is 262 g/mol. The van der Waals surface area contributed by atoms with E-state index in [9.17, 15) is 10.1 Å². The van der Waals surface area contributed by atoms with Gasteiger partial charge in [-0.25, -0.2) is 0 Å². The Balaban J connectivity index is 2.70. The molecule has 1 heterocycles. The summed E-state index contributed by atoms with van der Waals surface area (Å²) in [5.74, 6) is 0.584. The first-order chi connectivity index (χ1) is 9.54. The van der Waals surface area contributed by atoms with Gasteiger partial charge in [-0.05, 0) is 26.3 Å². The van der Waals surface area contributed by atoms with Gasteiger partial charge in [-0.15, -0.1) is 0 Å². The van der Waals surface area contributed by atoms with Crippen molar-refractivity contribution in [3.8, 4) is 5.88 Å². The van der Waals surface area contributed by atoms with Crippen LogP contribution in [-0.2, 0) is 4.74 Å². The smallest absolute Gasteiger partial charge is 0.331 e. The number of hydrogen-bond acceptors (Lipinski definition) is 6. The molecule has 20 heavy (non-hydrogen) atoms. The summed E-state index contributed by atoms with van der Waals surface area (Å²) in [5.41, 5.74) is -0.142. The van der Waals surface area contributed by atoms with Crippen LogP contribution in [0.2, 0.25) is 0 Å². The second-order valence-electron chi connectivity index (χ2n) is 4.47. The van der Waals surface area contributed by atoms with Gasteiger partial charge >= 0.3 is 5.69 Å². The molecule has 1 aromatic heterocycles. The number of anilines is 1. The SMILES string of the molecule is CCCNc1ccc([N+](=O)[O-])c(OCCOC(C)C)n1. The predicted octanol–water partition coefficient (Wildman–Crippen LogP) is 2.62. The number of aromatic nitrogens is 1. The van der Waals surface area contributed by atoms with Crippen molar-refractivity contribution in [2.24, 2.45) is 0 Å². The number of pyridine rings is 1. The molecule has 0 unspecified atom stereocenters. The molecule has 0 aliphatic rings. The van der Waals surface area contributed by atoms with Crippen molar-refractivity contribution in [1.29, 1.82) is 0 Å². The van der Waals surface area contributed by atoms with Gasteiger partial charge in [0.15, 0.2) is 0 Å². The Morgan fingerprint density at radius 2 is 2.15 bits per heavy atom. The van der Waals surface area contributed by atoms with E-state index in [0.717, 1.165) is 13.0 Å². The number of hydrogen-bond donors (Lipinski definition) is 1. The lowest BCUT2D eigenvalue weighted by Crippen LogP contribution is -2.13. The van der Waals surface area contributed by atoms with E-state index >= 15 is 0 Å². The number of rotatable bonds is 9. The van der Waals surface area contributed by atoms with Gasteiger partial charge in [0.05, 0.1) is 17.6 Å². The van der Waals surface area contributed by atoms with E-state index in [4.69, 9.17) is 9.47 Å². The molecule has 0 spiro atoms. The number of ether oxygens (including phenoxy) is 2. The van der Waals surface area contributed by atoms with Gasteiger partial charge in [-0.1, -0.05) is 6.92 Å². The summed E-state index contributed by atoms with van der Waals surface area (Å²) in [4.78, 5) is 14.5. The minimum atomic E-state index is -0.505. The fraction of sp³-hybridized carbons (Fsp3) is 0.615. The highest BCUT2D eigenvalue weighted by molar-refractivity contribution is 5.49. The van der Waals surface area contributed by atoms with Crippen LogP contribution < -0.4 is 10.1 Å². The van der Waals surface area contributed by atoms with Crippen molar-refractivity contribution >= 4 is 11.5 Å². The van der Waals surface area contributed by atoms with Crippen LogP contribution in [0.25, 0.3) is 0 Å². The Hall–Kier alpha value is -1.89. The van der Waals surface area contributed by atoms with Crippen molar-refractivity contribution in [2.75, 3.05) is 25.1 Å². The fourth-order valence-electron chi connectivity index (χ4n) is 1.45. The molecule has 7 nitrogen and oxygen atoms in total. The molecule has 1 N–H and O–H groups in total. The lowest BCUT2D eigenvalue weighted by atomic mass is 10.4. The highest BCUT2D eigenvalue weighted by Crippen LogP contribution is 2.26. The van der Waals surface area contributed by atoms with Crippen molar-refractivity contribution in [3.05, 3.63) is 22.2 Å². The molecule has 0 fully saturated rings. The normalized spacial score (nSPS) is 10.6. The predicted molar refractivity (Wildman–Crippen MR) is 76.3 cm³/mol. The highest BCUT2D eigenvalue weighted by atomic mass is 16.6. The van der Waals surface area contributed by atoms with Crippen LogP contribution in [0.3, 0.4) is 0 Å². The quantitative estimate of drug-likeness (QED) is 0.426. The fourth-order valence-corrected chi connectivity index (χ4v) is 1.45. The number of nitrogens with zero attached hydrogens (tertiary/aromatic N) is 2. The molecule has 0 saturated carbocycles. The standard InChI is InChI=1S/C13H21N3O4/c1-4-7-14-12-6-5-11(16(17)18)13(15-12)20-9-8-19-10(2)3/h5-6,10H,4,7-9H2,1-3H3,(H,14,15). The average molecular weight is 283 g/mol. The third-order valence-electron chi connectivity index (χ3n) is 2.37. The van der Waals surface area contributed by atoms with E-state index in [0.29, 0.717) is 12.4 Å². The van der Waals surface area contributed by atoms with Gasteiger partial charge in [0.25, 0.3) is 5.88 Å². The van der Waals surface area contributed by atoms with Crippen molar-refractivity contribution < 1.29 is 14.4 Å². The maximum absolute atomic E-state index is 10.9. The lowest BCUT2D eigenvalue weighted by Gasteiger charge is -2.10. The largest absolute Gasteiger partial charge is 0.470 e. The van der Waals surface area contributed by atoms with Crippen LogP contribution in [-0.4, -0.2) is 35.8 Å². The first-order valence-corrected chi connectivity index (χ1v) is 6.68. The summed E-state index contributed by atoms with van der Waals surface area (Å²) < 4.78 is 10.7. The Morgan fingerprint density at radius 3 is 2.75 bits per heavy atom. The van der Waals surface area contributed by atoms with E-state index in [1.807, 2.05) is 20.8 Å². The maximum Gasteiger partial charge on any atom is 0.331 e. The molecule has 0 aliphatic heterocycles. The van der Waals surface area contributed by atoms with E-state index in [2.05, 4.69) is 10.3 Å². The van der Waals surface area contributed by atoms with Gasteiger partial charge in [0.1, 0.15) is 12.4 Å². The molecule has 7 heteroatoms. The molecule has 112 valence electrons. The van der Waals surface area contributed by atoms with Crippen LogP contribution in [0.5, 0.6) is 5.88 Å². The molecule has 0 bridgehead atoms. The van der Waals surface area contributed by atoms with E-state index < -0.39 is 4.92 Å². The van der Waals surface area contributed by atoms with Gasteiger partial charge in [-0.2, -0.15) is 4.98 Å². The van der Waals surface area contributed by atoms with Crippen molar-refractivity contribution in [3.63, 3.8) is 0 Å². The Labute approximate surface area is 118 Å². The molecular formula is C13H21N3O4. The number of nitrogens with one attached hydrogen (secondary N) is 1. The molecule has 0 aliphatic carbocycles. The number of nitro groups is 1. The van der Waals surface area contributed by atoms with Gasteiger partial charge in [0.2, 0.25) is 0 Å². The van der Waals surface area contributed by atoms with Crippen LogP contribution in [0.15, 0.2) is 12.1 Å². The summed E-state index contributed by atoms with van der Waals surface area (Å²) in [7, 11) is 0. The topological polar surface area (TPSA) is 86.5 Å². The van der Waals surface area contributed by atoms with Gasteiger partial charge < -0.3 is 14.8 Å². The van der Waals surface area contributed by atoms with Crippen LogP contribution >= 0.6 is 0 Å². The van der Waals surface area contributed by atoms with E-state index in [1.54, 1.807) is 6.07 Å². The molecule has 0 atom stereocenters. The van der Waals surface area contributed by atoms with Crippen LogP contribution in [0, 0.1) is 10.1 Å². The minimum absolute atomic E-state index is 0.0171. The van der Waals surface area contributed by atoms with E-state index in [1.165, 1.54) is 6.07 Å². The summed E-state index contributed by atoms with van der Waals surface area (Å²) in [5, 5.41) is 14.0. The minimum Gasteiger partial charge on any atom is -0.470 e. The summed E-state index contributed by atoms with van der Waals surface area (Å²) >= 11 is 0. The third kappa shape index (κ3) is 5.40. The van der Waals surface area contributed by atoms with Crippen LogP contribution in [0.1, 0.15) is 27.2 Å². The van der Waals surface area contributed by atoms with E-state index in [-0.39, 0.29) is 24.3 Å². The Morgan fingerprint density at radius 1 is 1.40 bits per heavy atom. The molecule has 0 aromatic carbocycles. The second kappa shape index (κ2) is 8.31.